The Bertz CT molecular complexity index is 602. The Morgan fingerprint density at radius 2 is 2.19 bits per heavy atom. The van der Waals surface area contributed by atoms with Crippen molar-refractivity contribution in [3.8, 4) is 0 Å². The van der Waals surface area contributed by atoms with E-state index in [0.29, 0.717) is 11.1 Å². The van der Waals surface area contributed by atoms with Gasteiger partial charge in [0.2, 0.25) is 0 Å². The lowest BCUT2D eigenvalue weighted by Gasteiger charge is -2.20. The molecule has 0 bridgehead atoms. The molecule has 0 aromatic heterocycles. The summed E-state index contributed by atoms with van der Waals surface area (Å²) >= 11 is 6.08. The number of hydrogen-bond donors (Lipinski definition) is 2. The molecule has 3 nitrogen and oxygen atoms in total. The molecule has 0 fully saturated rings. The van der Waals surface area contributed by atoms with E-state index >= 15 is 0 Å². The van der Waals surface area contributed by atoms with E-state index in [1.807, 2.05) is 24.3 Å². The van der Waals surface area contributed by atoms with Crippen LogP contribution >= 0.6 is 11.6 Å². The average Bonchev–Trinajstić information content (AvgIpc) is 2.39. The molecular weight excluding hydrogens is 282 g/mol. The van der Waals surface area contributed by atoms with Crippen molar-refractivity contribution in [3.63, 3.8) is 0 Å². The van der Waals surface area contributed by atoms with Crippen LogP contribution in [0, 0.1) is 12.8 Å². The third-order valence-corrected chi connectivity index (χ3v) is 3.78. The van der Waals surface area contributed by atoms with Crippen molar-refractivity contribution >= 4 is 22.5 Å². The SMILES string of the molecule is Cc1ccc(N)cc1[C@H](C)NC1=CC(C)C/C=C/C(Cl)=N1. The molecule has 1 unspecified atom stereocenters. The Morgan fingerprint density at radius 3 is 2.95 bits per heavy atom. The quantitative estimate of drug-likeness (QED) is 0.818. The number of nitrogens with one attached hydrogen (secondary N) is 1. The zero-order valence-electron chi connectivity index (χ0n) is 12.7. The molecule has 2 atom stereocenters. The molecule has 1 aliphatic heterocycles. The van der Waals surface area contributed by atoms with Gasteiger partial charge in [0.05, 0.1) is 6.04 Å². The van der Waals surface area contributed by atoms with Crippen LogP contribution in [0.4, 0.5) is 5.69 Å². The molecule has 0 aliphatic carbocycles. The number of halogens is 1. The first kappa shape index (κ1) is 15.6. The van der Waals surface area contributed by atoms with Crippen LogP contribution < -0.4 is 11.1 Å². The van der Waals surface area contributed by atoms with Gasteiger partial charge in [-0.1, -0.05) is 30.7 Å². The van der Waals surface area contributed by atoms with Crippen molar-refractivity contribution in [2.45, 2.75) is 33.2 Å². The summed E-state index contributed by atoms with van der Waals surface area (Å²) in [6.07, 6.45) is 6.98. The van der Waals surface area contributed by atoms with Gasteiger partial charge in [0.15, 0.2) is 0 Å². The van der Waals surface area contributed by atoms with E-state index in [1.165, 1.54) is 11.1 Å². The van der Waals surface area contributed by atoms with Gasteiger partial charge in [0.1, 0.15) is 11.0 Å². The number of nitrogen functional groups attached to an aromatic ring is 1. The molecule has 0 saturated heterocycles. The molecule has 112 valence electrons. The van der Waals surface area contributed by atoms with Crippen molar-refractivity contribution < 1.29 is 0 Å². The third kappa shape index (κ3) is 4.36. The largest absolute Gasteiger partial charge is 0.399 e. The third-order valence-electron chi connectivity index (χ3n) is 3.57. The van der Waals surface area contributed by atoms with Gasteiger partial charge in [0, 0.05) is 5.69 Å². The minimum Gasteiger partial charge on any atom is -0.399 e. The van der Waals surface area contributed by atoms with E-state index in [2.05, 4.69) is 43.2 Å². The normalized spacial score (nSPS) is 21.6. The molecule has 2 rings (SSSR count). The van der Waals surface area contributed by atoms with Crippen LogP contribution in [-0.4, -0.2) is 5.17 Å². The van der Waals surface area contributed by atoms with Crippen LogP contribution in [0.25, 0.3) is 0 Å². The van der Waals surface area contributed by atoms with Crippen molar-refractivity contribution in [1.29, 1.82) is 0 Å². The number of aliphatic imine (C=N–C) groups is 1. The van der Waals surface area contributed by atoms with Crippen molar-refractivity contribution in [3.05, 3.63) is 53.4 Å². The van der Waals surface area contributed by atoms with Gasteiger partial charge in [-0.05, 0) is 61.6 Å². The van der Waals surface area contributed by atoms with Crippen LogP contribution in [0.1, 0.15) is 37.4 Å². The highest BCUT2D eigenvalue weighted by atomic mass is 35.5. The standard InChI is InChI=1S/C17H22ClN3/c1-11-5-4-6-16(18)21-17(9-11)20-13(3)15-10-14(19)8-7-12(15)2/h4,6-11,13,20H,5,19H2,1-3H3/b6-4+,17-9?,21-16?/t11?,13-/m0/s1. The van der Waals surface area contributed by atoms with Crippen LogP contribution in [0.15, 0.2) is 47.2 Å². The summed E-state index contributed by atoms with van der Waals surface area (Å²) in [6, 6.07) is 6.08. The zero-order valence-corrected chi connectivity index (χ0v) is 13.5. The molecule has 1 aromatic rings. The van der Waals surface area contributed by atoms with E-state index in [4.69, 9.17) is 17.3 Å². The highest BCUT2D eigenvalue weighted by Gasteiger charge is 2.12. The number of aryl methyl sites for hydroxylation is 1. The lowest BCUT2D eigenvalue weighted by molar-refractivity contribution is 0.627. The van der Waals surface area contributed by atoms with Crippen LogP contribution in [0.5, 0.6) is 0 Å². The number of benzene rings is 1. The monoisotopic (exact) mass is 303 g/mol. The fourth-order valence-electron chi connectivity index (χ4n) is 2.41. The molecule has 0 amide bonds. The minimum absolute atomic E-state index is 0.114. The number of anilines is 1. The molecule has 1 aliphatic rings. The van der Waals surface area contributed by atoms with Gasteiger partial charge in [-0.3, -0.25) is 0 Å². The Morgan fingerprint density at radius 1 is 1.43 bits per heavy atom. The molecule has 0 spiro atoms. The maximum Gasteiger partial charge on any atom is 0.131 e. The minimum atomic E-state index is 0.114. The summed E-state index contributed by atoms with van der Waals surface area (Å²) in [5.41, 5.74) is 9.04. The molecule has 3 N–H and O–H groups in total. The van der Waals surface area contributed by atoms with E-state index in [9.17, 15) is 0 Å². The average molecular weight is 304 g/mol. The summed E-state index contributed by atoms with van der Waals surface area (Å²) in [5, 5.41) is 3.93. The Balaban J connectivity index is 2.23. The maximum atomic E-state index is 6.08. The van der Waals surface area contributed by atoms with Crippen LogP contribution in [0.3, 0.4) is 0 Å². The van der Waals surface area contributed by atoms with Gasteiger partial charge < -0.3 is 11.1 Å². The predicted octanol–water partition coefficient (Wildman–Crippen LogP) is 4.30. The number of nitrogens with zero attached hydrogens (tertiary/aromatic N) is 1. The summed E-state index contributed by atoms with van der Waals surface area (Å²) in [4.78, 5) is 4.42. The maximum absolute atomic E-state index is 6.08. The summed E-state index contributed by atoms with van der Waals surface area (Å²) in [5.74, 6) is 1.23. The van der Waals surface area contributed by atoms with E-state index < -0.39 is 0 Å². The second-order valence-electron chi connectivity index (χ2n) is 5.58. The topological polar surface area (TPSA) is 50.4 Å². The highest BCUT2D eigenvalue weighted by Crippen LogP contribution is 2.22. The van der Waals surface area contributed by atoms with E-state index in [-0.39, 0.29) is 6.04 Å². The smallest absolute Gasteiger partial charge is 0.131 e. The molecule has 1 heterocycles. The summed E-state index contributed by atoms with van der Waals surface area (Å²) in [7, 11) is 0. The molecule has 0 saturated carbocycles. The first-order chi connectivity index (χ1) is 9.95. The van der Waals surface area contributed by atoms with Crippen LogP contribution in [0.2, 0.25) is 0 Å². The van der Waals surface area contributed by atoms with Gasteiger partial charge in [-0.25, -0.2) is 4.99 Å². The lowest BCUT2D eigenvalue weighted by Crippen LogP contribution is -2.19. The molecule has 1 aromatic carbocycles. The van der Waals surface area contributed by atoms with Gasteiger partial charge in [-0.2, -0.15) is 0 Å². The number of nitrogens with two attached hydrogens (primary N) is 1. The Labute approximate surface area is 131 Å². The second kappa shape index (κ2) is 6.81. The molecule has 0 radical (unpaired) electrons. The van der Waals surface area contributed by atoms with Crippen molar-refractivity contribution in [1.82, 2.24) is 5.32 Å². The first-order valence-corrected chi connectivity index (χ1v) is 7.58. The zero-order chi connectivity index (χ0) is 15.4. The van der Waals surface area contributed by atoms with Crippen molar-refractivity contribution in [2.24, 2.45) is 10.9 Å². The fourth-order valence-corrected chi connectivity index (χ4v) is 2.59. The van der Waals surface area contributed by atoms with Crippen LogP contribution in [-0.2, 0) is 0 Å². The predicted molar refractivity (Wildman–Crippen MR) is 91.4 cm³/mol. The summed E-state index contributed by atoms with van der Waals surface area (Å²) < 4.78 is 0. The molecular formula is C17H22ClN3. The highest BCUT2D eigenvalue weighted by molar-refractivity contribution is 6.68. The lowest BCUT2D eigenvalue weighted by atomic mass is 10.0. The second-order valence-corrected chi connectivity index (χ2v) is 5.97. The van der Waals surface area contributed by atoms with Gasteiger partial charge in [-0.15, -0.1) is 0 Å². The molecule has 4 heteroatoms. The number of rotatable bonds is 3. The van der Waals surface area contributed by atoms with Gasteiger partial charge in [0.25, 0.3) is 0 Å². The summed E-state index contributed by atoms with van der Waals surface area (Å²) in [6.45, 7) is 6.35. The number of allylic oxidation sites excluding steroid dienone is 3. The number of hydrogen-bond acceptors (Lipinski definition) is 3. The molecule has 21 heavy (non-hydrogen) atoms. The van der Waals surface area contributed by atoms with Crippen molar-refractivity contribution in [2.75, 3.05) is 5.73 Å². The fraction of sp³-hybridized carbons (Fsp3) is 0.353. The van der Waals surface area contributed by atoms with E-state index in [1.54, 1.807) is 0 Å². The van der Waals surface area contributed by atoms with Gasteiger partial charge >= 0.3 is 0 Å². The Kier molecular flexibility index (Phi) is 5.07. The van der Waals surface area contributed by atoms with E-state index in [0.717, 1.165) is 17.9 Å². The first-order valence-electron chi connectivity index (χ1n) is 7.21. The Hall–Kier alpha value is -1.74.